The van der Waals surface area contributed by atoms with Gasteiger partial charge in [-0.15, -0.1) is 0 Å². The van der Waals surface area contributed by atoms with Gasteiger partial charge in [0.15, 0.2) is 5.79 Å². The van der Waals surface area contributed by atoms with E-state index in [9.17, 15) is 5.11 Å². The predicted molar refractivity (Wildman–Crippen MR) is 102 cm³/mol. The fraction of sp³-hybridized carbons (Fsp3) is 0.455. The first-order valence-corrected chi connectivity index (χ1v) is 9.02. The third-order valence-electron chi connectivity index (χ3n) is 5.00. The molecule has 0 aliphatic carbocycles. The molecule has 2 aromatic carbocycles. The van der Waals surface area contributed by atoms with Crippen molar-refractivity contribution in [1.29, 1.82) is 0 Å². The first kappa shape index (κ1) is 18.7. The van der Waals surface area contributed by atoms with Gasteiger partial charge in [-0.1, -0.05) is 38.1 Å². The van der Waals surface area contributed by atoms with E-state index in [1.54, 1.807) is 6.07 Å². The van der Waals surface area contributed by atoms with Gasteiger partial charge in [-0.2, -0.15) is 0 Å². The maximum absolute atomic E-state index is 9.76. The molecule has 0 radical (unpaired) electrons. The van der Waals surface area contributed by atoms with Crippen LogP contribution in [-0.4, -0.2) is 30.2 Å². The molecule has 0 unspecified atom stereocenters. The van der Waals surface area contributed by atoms with Crippen LogP contribution in [0.3, 0.4) is 0 Å². The molecule has 1 aliphatic heterocycles. The van der Waals surface area contributed by atoms with Gasteiger partial charge >= 0.3 is 0 Å². The van der Waals surface area contributed by atoms with Crippen LogP contribution in [0.1, 0.15) is 44.4 Å². The number of phenols is 1. The summed E-state index contributed by atoms with van der Waals surface area (Å²) < 4.78 is 17.2. The molecule has 2 aromatic rings. The molecule has 1 heterocycles. The Labute approximate surface area is 155 Å². The lowest BCUT2D eigenvalue weighted by atomic mass is 9.77. The van der Waals surface area contributed by atoms with Crippen molar-refractivity contribution in [2.45, 2.75) is 51.9 Å². The Kier molecular flexibility index (Phi) is 5.00. The second-order valence-corrected chi connectivity index (χ2v) is 7.91. The van der Waals surface area contributed by atoms with E-state index in [-0.39, 0.29) is 11.5 Å². The zero-order valence-corrected chi connectivity index (χ0v) is 16.2. The molecule has 26 heavy (non-hydrogen) atoms. The average molecular weight is 356 g/mol. The molecule has 1 fully saturated rings. The normalized spacial score (nSPS) is 19.5. The maximum atomic E-state index is 9.76. The van der Waals surface area contributed by atoms with E-state index < -0.39 is 5.79 Å². The molecule has 0 spiro atoms. The number of aromatic hydroxyl groups is 1. The number of hydrogen-bond acceptors (Lipinski definition) is 4. The van der Waals surface area contributed by atoms with E-state index in [1.165, 1.54) is 11.1 Å². The van der Waals surface area contributed by atoms with Crippen molar-refractivity contribution < 1.29 is 19.3 Å². The van der Waals surface area contributed by atoms with Crippen LogP contribution in [0, 0.1) is 6.92 Å². The summed E-state index contributed by atoms with van der Waals surface area (Å²) in [4.78, 5) is 0. The van der Waals surface area contributed by atoms with Crippen LogP contribution < -0.4 is 4.74 Å². The van der Waals surface area contributed by atoms with Crippen molar-refractivity contribution in [2.24, 2.45) is 0 Å². The number of ether oxygens (including phenoxy) is 3. The van der Waals surface area contributed by atoms with Crippen molar-refractivity contribution >= 4 is 0 Å². The molecule has 1 saturated heterocycles. The summed E-state index contributed by atoms with van der Waals surface area (Å²) in [7, 11) is 0. The summed E-state index contributed by atoms with van der Waals surface area (Å²) in [6, 6.07) is 13.9. The van der Waals surface area contributed by atoms with Crippen LogP contribution in [0.15, 0.2) is 42.5 Å². The Morgan fingerprint density at radius 2 is 1.77 bits per heavy atom. The Balaban J connectivity index is 1.67. The highest BCUT2D eigenvalue weighted by atomic mass is 16.7. The van der Waals surface area contributed by atoms with Crippen LogP contribution in [-0.2, 0) is 14.9 Å². The molecule has 140 valence electrons. The molecular formula is C22H28O4. The fourth-order valence-electron chi connectivity index (χ4n) is 3.21. The lowest BCUT2D eigenvalue weighted by molar-refractivity contribution is -0.141. The minimum atomic E-state index is -0.524. The predicted octanol–water partition coefficient (Wildman–Crippen LogP) is 4.56. The number of hydrogen-bond donors (Lipinski definition) is 1. The fourth-order valence-corrected chi connectivity index (χ4v) is 3.21. The number of rotatable bonds is 5. The van der Waals surface area contributed by atoms with E-state index in [0.29, 0.717) is 19.0 Å². The third-order valence-corrected chi connectivity index (χ3v) is 5.00. The van der Waals surface area contributed by atoms with Gasteiger partial charge in [0, 0.05) is 5.41 Å². The smallest absolute Gasteiger partial charge is 0.163 e. The van der Waals surface area contributed by atoms with Crippen molar-refractivity contribution in [3.63, 3.8) is 0 Å². The summed E-state index contributed by atoms with van der Waals surface area (Å²) in [5, 5.41) is 9.76. The second kappa shape index (κ2) is 6.93. The monoisotopic (exact) mass is 356 g/mol. The maximum Gasteiger partial charge on any atom is 0.163 e. The van der Waals surface area contributed by atoms with Crippen LogP contribution in [0.4, 0.5) is 0 Å². The van der Waals surface area contributed by atoms with Crippen molar-refractivity contribution in [3.8, 4) is 11.5 Å². The second-order valence-electron chi connectivity index (χ2n) is 7.91. The van der Waals surface area contributed by atoms with Gasteiger partial charge in [0.2, 0.25) is 0 Å². The van der Waals surface area contributed by atoms with E-state index in [4.69, 9.17) is 14.2 Å². The molecule has 1 N–H and O–H groups in total. The van der Waals surface area contributed by atoms with Crippen LogP contribution >= 0.6 is 0 Å². The van der Waals surface area contributed by atoms with Gasteiger partial charge in [-0.25, -0.2) is 0 Å². The Hall–Kier alpha value is -2.04. The Bertz CT molecular complexity index is 762. The molecule has 4 heteroatoms. The van der Waals surface area contributed by atoms with E-state index in [1.807, 2.05) is 45.0 Å². The Morgan fingerprint density at radius 3 is 2.35 bits per heavy atom. The van der Waals surface area contributed by atoms with E-state index in [0.717, 1.165) is 11.3 Å². The summed E-state index contributed by atoms with van der Waals surface area (Å²) >= 11 is 0. The zero-order chi connectivity index (χ0) is 18.9. The standard InChI is InChI=1S/C22H28O4/c1-15-12-17(8-11-20(15)23)21(2,3)16-6-9-18(10-7-16)24-13-19-14-25-22(4,5)26-19/h6-12,19,23H,13-14H2,1-5H3/t19-/m0/s1. The van der Waals surface area contributed by atoms with Gasteiger partial charge in [0.25, 0.3) is 0 Å². The molecule has 1 atom stereocenters. The summed E-state index contributed by atoms with van der Waals surface area (Å²) in [5.41, 5.74) is 3.08. The van der Waals surface area contributed by atoms with E-state index >= 15 is 0 Å². The molecule has 0 bridgehead atoms. The molecular weight excluding hydrogens is 328 g/mol. The number of benzene rings is 2. The van der Waals surface area contributed by atoms with Crippen molar-refractivity contribution in [2.75, 3.05) is 13.2 Å². The minimum Gasteiger partial charge on any atom is -0.508 e. The van der Waals surface area contributed by atoms with Gasteiger partial charge in [-0.3, -0.25) is 0 Å². The highest BCUT2D eigenvalue weighted by Gasteiger charge is 2.33. The van der Waals surface area contributed by atoms with Crippen LogP contribution in [0.5, 0.6) is 11.5 Å². The van der Waals surface area contributed by atoms with Gasteiger partial charge in [0.05, 0.1) is 6.61 Å². The third kappa shape index (κ3) is 4.02. The molecule has 4 nitrogen and oxygen atoms in total. The highest BCUT2D eigenvalue weighted by molar-refractivity contribution is 5.44. The SMILES string of the molecule is Cc1cc(C(C)(C)c2ccc(OC[C@H]3COC(C)(C)O3)cc2)ccc1O. The first-order valence-electron chi connectivity index (χ1n) is 9.02. The molecule has 0 saturated carbocycles. The summed E-state index contributed by atoms with van der Waals surface area (Å²) in [6.45, 7) is 11.1. The van der Waals surface area contributed by atoms with Crippen molar-refractivity contribution in [1.82, 2.24) is 0 Å². The molecule has 0 aromatic heterocycles. The molecule has 0 amide bonds. The van der Waals surface area contributed by atoms with Crippen LogP contribution in [0.25, 0.3) is 0 Å². The summed E-state index contributed by atoms with van der Waals surface area (Å²) in [5.74, 6) is 0.624. The lowest BCUT2D eigenvalue weighted by Crippen LogP contribution is -2.25. The van der Waals surface area contributed by atoms with Gasteiger partial charge in [0.1, 0.15) is 24.2 Å². The number of phenolic OH excluding ortho intramolecular Hbond substituents is 1. The first-order chi connectivity index (χ1) is 12.2. The molecule has 3 rings (SSSR count). The minimum absolute atomic E-state index is 0.0407. The van der Waals surface area contributed by atoms with Gasteiger partial charge in [-0.05, 0) is 55.7 Å². The van der Waals surface area contributed by atoms with Crippen molar-refractivity contribution in [3.05, 3.63) is 59.2 Å². The molecule has 1 aliphatic rings. The Morgan fingerprint density at radius 1 is 1.12 bits per heavy atom. The average Bonchev–Trinajstić information content (AvgIpc) is 2.95. The van der Waals surface area contributed by atoms with Gasteiger partial charge < -0.3 is 19.3 Å². The highest BCUT2D eigenvalue weighted by Crippen LogP contribution is 2.34. The summed E-state index contributed by atoms with van der Waals surface area (Å²) in [6.07, 6.45) is -0.0407. The quantitative estimate of drug-likeness (QED) is 0.853. The van der Waals surface area contributed by atoms with Crippen LogP contribution in [0.2, 0.25) is 0 Å². The van der Waals surface area contributed by atoms with E-state index in [2.05, 4.69) is 26.0 Å². The lowest BCUT2D eigenvalue weighted by Gasteiger charge is -2.27. The zero-order valence-electron chi connectivity index (χ0n) is 16.2. The topological polar surface area (TPSA) is 47.9 Å². The largest absolute Gasteiger partial charge is 0.508 e. The number of aryl methyl sites for hydroxylation is 1.